The third kappa shape index (κ3) is 6120. The standard InChI is InChI=1S/Mo.HO3P.2H2O.2O/c;1-4(2)3;;;;/h;(H-,1,2,3);2*1H2;;/q+2;;;;;/p-1. The molecule has 7 nitrogen and oxygen atoms in total. The maximum absolute atomic E-state index is 8.85. The molecule has 0 atom stereocenters. The second kappa shape index (κ2) is 5.05. The summed E-state index contributed by atoms with van der Waals surface area (Å²) in [6.45, 7) is 0. The first kappa shape index (κ1) is 12.0. The van der Waals surface area contributed by atoms with Gasteiger partial charge in [-0.05, 0) is 0 Å². The van der Waals surface area contributed by atoms with Crippen molar-refractivity contribution in [2.45, 2.75) is 0 Å². The Labute approximate surface area is 54.2 Å². The van der Waals surface area contributed by atoms with Crippen LogP contribution in [0.1, 0.15) is 0 Å². The molecule has 9 heavy (non-hydrogen) atoms. The fourth-order valence-corrected chi connectivity index (χ4v) is 0. The molecule has 0 spiro atoms. The molecule has 0 aliphatic rings. The third-order valence-electron chi connectivity index (χ3n) is 0. The zero-order chi connectivity index (χ0) is 8.08. The van der Waals surface area contributed by atoms with Crippen LogP contribution in [-0.4, -0.2) is 17.3 Å². The molecule has 0 aliphatic carbocycles. The fraction of sp³-hybridized carbons (Fsp3) is 0. The Hall–Kier alpha value is 0.228. The molecule has 0 aliphatic heterocycles. The van der Waals surface area contributed by atoms with Gasteiger partial charge in [-0.15, -0.1) is 9.79 Å². The molecule has 0 heterocycles. The number of hydrogen-bond donors (Lipinski definition) is 4. The summed E-state index contributed by atoms with van der Waals surface area (Å²) in [5.74, 6) is 0. The first-order chi connectivity index (χ1) is 3.73. The quantitative estimate of drug-likeness (QED) is 0.293. The Morgan fingerprint density at radius 3 is 1.11 bits per heavy atom. The monoisotopic (exact) mass is 245 g/mol. The van der Waals surface area contributed by atoms with Gasteiger partial charge in [-0.3, -0.25) is 0 Å². The van der Waals surface area contributed by atoms with Crippen LogP contribution in [0, 0.1) is 0 Å². The zero-order valence-corrected chi connectivity index (χ0v) is 6.77. The van der Waals surface area contributed by atoms with Gasteiger partial charge in [0, 0.05) is 4.57 Å². The summed E-state index contributed by atoms with van der Waals surface area (Å²) in [4.78, 5) is 14.2. The molecular formula is H4MoO7P+. The summed E-state index contributed by atoms with van der Waals surface area (Å²) in [5, 5.41) is 0. The molecule has 4 N–H and O–H groups in total. The van der Waals surface area contributed by atoms with Gasteiger partial charge in [0.25, 0.3) is 0 Å². The predicted octanol–water partition coefficient (Wildman–Crippen LogP) is -1.73. The molecular weight excluding hydrogens is 239 g/mol. The molecule has 0 radical (unpaired) electrons. The van der Waals surface area contributed by atoms with Gasteiger partial charge in [0.1, 0.15) is 0 Å². The number of hydrogen-bond acceptors (Lipinski definition) is 3. The van der Waals surface area contributed by atoms with E-state index in [2.05, 4.69) is 0 Å². The van der Waals surface area contributed by atoms with Crippen LogP contribution in [0.2, 0.25) is 0 Å². The van der Waals surface area contributed by atoms with E-state index >= 15 is 0 Å². The minimum atomic E-state index is -5.52. The summed E-state index contributed by atoms with van der Waals surface area (Å²) in [7, 11) is -2.87. The van der Waals surface area contributed by atoms with Crippen molar-refractivity contribution in [3.8, 4) is 0 Å². The van der Waals surface area contributed by atoms with E-state index in [4.69, 9.17) is 28.7 Å². The molecule has 56 valence electrons. The van der Waals surface area contributed by atoms with E-state index in [9.17, 15) is 0 Å². The van der Waals surface area contributed by atoms with Crippen LogP contribution < -0.4 is 0 Å². The molecule has 0 rings (SSSR count). The first-order valence-electron chi connectivity index (χ1n) is 1.28. The van der Waals surface area contributed by atoms with Crippen LogP contribution in [0.4, 0.5) is 0 Å². The van der Waals surface area contributed by atoms with Crippen molar-refractivity contribution >= 4 is 8.25 Å². The molecule has 0 bridgehead atoms. The van der Waals surface area contributed by atoms with E-state index in [1.165, 1.54) is 0 Å². The topological polar surface area (TPSA) is 132 Å². The van der Waals surface area contributed by atoms with Crippen LogP contribution >= 0.6 is 8.25 Å². The molecule has 0 fully saturated rings. The molecule has 0 unspecified atom stereocenters. The summed E-state index contributed by atoms with van der Waals surface area (Å²) >= 11 is -5.52. The van der Waals surface area contributed by atoms with Crippen LogP contribution in [-0.2, 0) is 28.1 Å². The van der Waals surface area contributed by atoms with Crippen molar-refractivity contribution < 1.29 is 45.4 Å². The van der Waals surface area contributed by atoms with Crippen molar-refractivity contribution in [2.24, 2.45) is 0 Å². The molecule has 0 saturated carbocycles. The van der Waals surface area contributed by atoms with Crippen LogP contribution in [0.25, 0.3) is 0 Å². The van der Waals surface area contributed by atoms with E-state index < -0.39 is 25.0 Å². The summed E-state index contributed by atoms with van der Waals surface area (Å²) in [6, 6.07) is 0. The molecule has 0 aromatic rings. The van der Waals surface area contributed by atoms with Crippen molar-refractivity contribution in [1.82, 2.24) is 0 Å². The Bertz CT molecular complexity index is 151. The van der Waals surface area contributed by atoms with Crippen LogP contribution in [0.3, 0.4) is 0 Å². The van der Waals surface area contributed by atoms with Gasteiger partial charge in [-0.25, -0.2) is 0 Å². The Morgan fingerprint density at radius 2 is 1.11 bits per heavy atom. The van der Waals surface area contributed by atoms with E-state index in [1.807, 2.05) is 0 Å². The molecule has 0 amide bonds. The predicted molar refractivity (Wildman–Crippen MR) is 17.9 cm³/mol. The Morgan fingerprint density at radius 1 is 1.11 bits per heavy atom. The van der Waals surface area contributed by atoms with E-state index in [0.717, 1.165) is 0 Å². The van der Waals surface area contributed by atoms with Gasteiger partial charge < -0.3 is 0 Å². The van der Waals surface area contributed by atoms with Gasteiger partial charge >= 0.3 is 39.3 Å². The van der Waals surface area contributed by atoms with Crippen LogP contribution in [0.5, 0.6) is 0 Å². The molecule has 0 aromatic carbocycles. The van der Waals surface area contributed by atoms with E-state index in [0.29, 0.717) is 0 Å². The van der Waals surface area contributed by atoms with Gasteiger partial charge in [-0.2, -0.15) is 0 Å². The number of rotatable bonds is 0. The summed E-state index contributed by atoms with van der Waals surface area (Å²) < 4.78 is 40.7. The van der Waals surface area contributed by atoms with Crippen molar-refractivity contribution in [3.05, 3.63) is 0 Å². The summed E-state index contributed by atoms with van der Waals surface area (Å²) in [5.41, 5.74) is 0. The Kier molecular flexibility index (Phi) is 6.71. The summed E-state index contributed by atoms with van der Waals surface area (Å²) in [6.07, 6.45) is 0. The van der Waals surface area contributed by atoms with E-state index in [1.54, 1.807) is 0 Å². The normalized spacial score (nSPS) is 9.33. The van der Waals surface area contributed by atoms with E-state index in [-0.39, 0.29) is 0 Å². The second-order valence-corrected chi connectivity index (χ2v) is 3.41. The van der Waals surface area contributed by atoms with Gasteiger partial charge in [0.15, 0.2) is 0 Å². The first-order valence-corrected chi connectivity index (χ1v) is 5.88. The Balaban J connectivity index is 0. The fourth-order valence-electron chi connectivity index (χ4n) is 0. The average molecular weight is 243 g/mol. The van der Waals surface area contributed by atoms with Crippen LogP contribution in [0.15, 0.2) is 0 Å². The molecule has 9 heteroatoms. The van der Waals surface area contributed by atoms with Crippen molar-refractivity contribution in [2.75, 3.05) is 0 Å². The molecule has 0 aromatic heterocycles. The van der Waals surface area contributed by atoms with Gasteiger partial charge in [0.2, 0.25) is 0 Å². The van der Waals surface area contributed by atoms with Gasteiger partial charge in [0.05, 0.1) is 0 Å². The molecule has 0 saturated heterocycles. The second-order valence-electron chi connectivity index (χ2n) is 0.701. The maximum atomic E-state index is 8.85. The van der Waals surface area contributed by atoms with Crippen molar-refractivity contribution in [3.63, 3.8) is 0 Å². The third-order valence-corrected chi connectivity index (χ3v) is 0. The van der Waals surface area contributed by atoms with Gasteiger partial charge in [-0.1, -0.05) is 0 Å². The SMILES string of the molecule is O=[P+](O)O.[O]=[Mo](=[O])([OH])[OH]. The van der Waals surface area contributed by atoms with Crippen molar-refractivity contribution in [1.29, 1.82) is 0 Å². The zero-order valence-electron chi connectivity index (χ0n) is 3.87. The average Bonchev–Trinajstić information content (AvgIpc) is 1.19. The minimum absolute atomic E-state index is 2.87.